The van der Waals surface area contributed by atoms with Gasteiger partial charge in [-0.25, -0.2) is 16.8 Å². The molecule has 0 spiro atoms. The van der Waals surface area contributed by atoms with Crippen LogP contribution in [0, 0.1) is 0 Å². The van der Waals surface area contributed by atoms with Gasteiger partial charge in [0.05, 0.1) is 6.26 Å². The summed E-state index contributed by atoms with van der Waals surface area (Å²) < 4.78 is 102. The Kier molecular flexibility index (Phi) is 5.58. The van der Waals surface area contributed by atoms with E-state index in [0.29, 0.717) is 6.26 Å². The second kappa shape index (κ2) is 5.84. The van der Waals surface area contributed by atoms with Crippen molar-refractivity contribution >= 4 is 36.1 Å². The lowest BCUT2D eigenvalue weighted by molar-refractivity contribution is -0.146. The zero-order valence-corrected chi connectivity index (χ0v) is 12.1. The summed E-state index contributed by atoms with van der Waals surface area (Å²) in [5.41, 5.74) is 0. The van der Waals surface area contributed by atoms with Crippen LogP contribution in [0.25, 0.3) is 0 Å². The average molecular weight is 361 g/mol. The number of carbonyl (C=O) groups is 1. The van der Waals surface area contributed by atoms with Crippen LogP contribution in [0.3, 0.4) is 0 Å². The highest BCUT2D eigenvalue weighted by atomic mass is 32.3. The quantitative estimate of drug-likeness (QED) is 0.382. The Balaban J connectivity index is 4.69. The Bertz CT molecular complexity index is 677. The Labute approximate surface area is 113 Å². The fourth-order valence-electron chi connectivity index (χ4n) is 0.696. The number of halogens is 2. The lowest BCUT2D eigenvalue weighted by Gasteiger charge is -2.12. The molecule has 0 rings (SSSR count). The van der Waals surface area contributed by atoms with Crippen LogP contribution in [-0.2, 0) is 39.7 Å². The largest absolute Gasteiger partial charge is 0.457 e. The zero-order valence-electron chi connectivity index (χ0n) is 9.61. The first-order chi connectivity index (χ1) is 8.56. The van der Waals surface area contributed by atoms with Crippen molar-refractivity contribution in [1.82, 2.24) is 4.13 Å². The fraction of sp³-hybridized carbons (Fsp3) is 0.800. The molecule has 2 N–H and O–H groups in total. The standard InChI is InChI=1S/C5H9F2NO9S3/c1-18(10,11)8-19(12,13)2-4(9)17-3-5(6,7)20(14,15)16/h8H,2-3H2,1H3,(H,14,15,16). The summed E-state index contributed by atoms with van der Waals surface area (Å²) in [6, 6.07) is 0. The number of nitrogens with one attached hydrogen (secondary N) is 1. The molecule has 20 heavy (non-hydrogen) atoms. The molecule has 0 aliphatic heterocycles. The third-order valence-electron chi connectivity index (χ3n) is 1.36. The molecule has 0 aromatic carbocycles. The molecular weight excluding hydrogens is 352 g/mol. The number of carbonyl (C=O) groups excluding carboxylic acids is 1. The van der Waals surface area contributed by atoms with Gasteiger partial charge in [0.1, 0.15) is 0 Å². The van der Waals surface area contributed by atoms with Gasteiger partial charge in [-0.2, -0.15) is 17.2 Å². The van der Waals surface area contributed by atoms with Crippen molar-refractivity contribution in [3.05, 3.63) is 0 Å². The molecule has 0 fully saturated rings. The molecule has 0 heterocycles. The number of sulfonamides is 2. The Morgan fingerprint density at radius 3 is 2.00 bits per heavy atom. The molecule has 0 radical (unpaired) electrons. The van der Waals surface area contributed by atoms with Crippen LogP contribution in [-0.4, -0.2) is 59.6 Å². The molecule has 0 aliphatic rings. The van der Waals surface area contributed by atoms with Crippen LogP contribution >= 0.6 is 0 Å². The van der Waals surface area contributed by atoms with Gasteiger partial charge in [0, 0.05) is 0 Å². The van der Waals surface area contributed by atoms with Crippen LogP contribution in [0.15, 0.2) is 0 Å². The van der Waals surface area contributed by atoms with E-state index in [1.807, 2.05) is 0 Å². The molecule has 0 saturated heterocycles. The molecule has 0 saturated carbocycles. The third kappa shape index (κ3) is 7.04. The molecule has 0 aromatic rings. The SMILES string of the molecule is CS(=O)(=O)NS(=O)(=O)CC(=O)OCC(F)(F)S(=O)(=O)O. The van der Waals surface area contributed by atoms with Gasteiger partial charge in [-0.3, -0.25) is 9.35 Å². The first kappa shape index (κ1) is 19.1. The van der Waals surface area contributed by atoms with E-state index < -0.39 is 53.7 Å². The molecule has 15 heteroatoms. The Morgan fingerprint density at radius 2 is 1.65 bits per heavy atom. The van der Waals surface area contributed by atoms with Gasteiger partial charge in [0.15, 0.2) is 12.4 Å². The topological polar surface area (TPSA) is 161 Å². The summed E-state index contributed by atoms with van der Waals surface area (Å²) in [5, 5.41) is -4.82. The van der Waals surface area contributed by atoms with Gasteiger partial charge in [-0.15, -0.1) is 4.13 Å². The van der Waals surface area contributed by atoms with Gasteiger partial charge in [0.2, 0.25) is 20.0 Å². The highest BCUT2D eigenvalue weighted by molar-refractivity contribution is 8.04. The average Bonchev–Trinajstić information content (AvgIpc) is 2.07. The van der Waals surface area contributed by atoms with Gasteiger partial charge in [-0.1, -0.05) is 0 Å². The summed E-state index contributed by atoms with van der Waals surface area (Å²) in [6.45, 7) is -2.13. The number of hydrogen-bond acceptors (Lipinski definition) is 8. The summed E-state index contributed by atoms with van der Waals surface area (Å²) in [6.07, 6.45) is 0.461. The van der Waals surface area contributed by atoms with E-state index in [4.69, 9.17) is 4.55 Å². The number of ether oxygens (including phenoxy) is 1. The van der Waals surface area contributed by atoms with Crippen molar-refractivity contribution in [2.24, 2.45) is 0 Å². The third-order valence-corrected chi connectivity index (χ3v) is 5.08. The number of hydrogen-bond donors (Lipinski definition) is 2. The molecule has 0 unspecified atom stereocenters. The molecule has 10 nitrogen and oxygen atoms in total. The van der Waals surface area contributed by atoms with Gasteiger partial charge >= 0.3 is 21.3 Å². The maximum absolute atomic E-state index is 12.6. The smallest absolute Gasteiger partial charge is 0.402 e. The van der Waals surface area contributed by atoms with Crippen molar-refractivity contribution in [2.75, 3.05) is 18.6 Å². The maximum Gasteiger partial charge on any atom is 0.402 e. The molecule has 0 amide bonds. The highest BCUT2D eigenvalue weighted by Gasteiger charge is 2.45. The van der Waals surface area contributed by atoms with Gasteiger partial charge < -0.3 is 4.74 Å². The minimum absolute atomic E-state index is 0.461. The predicted molar refractivity (Wildman–Crippen MR) is 59.2 cm³/mol. The predicted octanol–water partition coefficient (Wildman–Crippen LogP) is -2.11. The van der Waals surface area contributed by atoms with E-state index >= 15 is 0 Å². The van der Waals surface area contributed by atoms with Crippen molar-refractivity contribution in [2.45, 2.75) is 5.25 Å². The van der Waals surface area contributed by atoms with Crippen LogP contribution < -0.4 is 4.13 Å². The van der Waals surface area contributed by atoms with Gasteiger partial charge in [0.25, 0.3) is 0 Å². The fourth-order valence-corrected chi connectivity index (χ4v) is 3.38. The van der Waals surface area contributed by atoms with Crippen LogP contribution in [0.1, 0.15) is 0 Å². The van der Waals surface area contributed by atoms with E-state index in [1.165, 1.54) is 0 Å². The highest BCUT2D eigenvalue weighted by Crippen LogP contribution is 2.20. The molecular formula is C5H9F2NO9S3. The van der Waals surface area contributed by atoms with E-state index in [2.05, 4.69) is 4.74 Å². The normalized spacial score (nSPS) is 14.0. The van der Waals surface area contributed by atoms with Gasteiger partial charge in [-0.05, 0) is 0 Å². The summed E-state index contributed by atoms with van der Waals surface area (Å²) in [5.74, 6) is -3.48. The van der Waals surface area contributed by atoms with E-state index in [1.54, 1.807) is 0 Å². The van der Waals surface area contributed by atoms with Crippen molar-refractivity contribution in [3.8, 4) is 0 Å². The van der Waals surface area contributed by atoms with Crippen molar-refractivity contribution in [3.63, 3.8) is 0 Å². The van der Waals surface area contributed by atoms with E-state index in [9.17, 15) is 38.8 Å². The zero-order chi connectivity index (χ0) is 16.4. The van der Waals surface area contributed by atoms with Crippen LogP contribution in [0.5, 0.6) is 0 Å². The summed E-state index contributed by atoms with van der Waals surface area (Å²) in [4.78, 5) is 10.9. The lowest BCUT2D eigenvalue weighted by atomic mass is 10.7. The molecule has 0 atom stereocenters. The molecule has 0 bridgehead atoms. The number of rotatable bonds is 7. The molecule has 0 aliphatic carbocycles. The van der Waals surface area contributed by atoms with Crippen molar-refractivity contribution in [1.29, 1.82) is 0 Å². The second-order valence-corrected chi connectivity index (χ2v) is 8.66. The molecule has 0 aromatic heterocycles. The van der Waals surface area contributed by atoms with E-state index in [-0.39, 0.29) is 0 Å². The summed E-state index contributed by atoms with van der Waals surface area (Å²) in [7, 11) is -14.8. The number of alkyl halides is 2. The second-order valence-electron chi connectivity index (χ2n) is 3.39. The van der Waals surface area contributed by atoms with Crippen LogP contribution in [0.4, 0.5) is 8.78 Å². The van der Waals surface area contributed by atoms with E-state index in [0.717, 1.165) is 4.13 Å². The number of esters is 1. The Hall–Kier alpha value is -0.900. The molecule has 120 valence electrons. The van der Waals surface area contributed by atoms with Crippen molar-refractivity contribution < 1.29 is 48.1 Å². The minimum atomic E-state index is -5.84. The maximum atomic E-state index is 12.6. The lowest BCUT2D eigenvalue weighted by Crippen LogP contribution is -2.38. The minimum Gasteiger partial charge on any atom is -0.457 e. The first-order valence-corrected chi connectivity index (χ1v) is 9.26. The first-order valence-electron chi connectivity index (χ1n) is 4.27. The Morgan fingerprint density at radius 1 is 1.20 bits per heavy atom. The summed E-state index contributed by atoms with van der Waals surface area (Å²) >= 11 is 0. The monoisotopic (exact) mass is 361 g/mol. The van der Waals surface area contributed by atoms with Crippen LogP contribution in [0.2, 0.25) is 0 Å².